The van der Waals surface area contributed by atoms with Crippen molar-refractivity contribution >= 4 is 5.91 Å². The highest BCUT2D eigenvalue weighted by atomic mass is 19.4. The van der Waals surface area contributed by atoms with Crippen molar-refractivity contribution in [3.63, 3.8) is 0 Å². The van der Waals surface area contributed by atoms with Crippen molar-refractivity contribution in [2.45, 2.75) is 12.2 Å². The highest BCUT2D eigenvalue weighted by molar-refractivity contribution is 5.94. The molecule has 0 aliphatic carbocycles. The van der Waals surface area contributed by atoms with Crippen LogP contribution in [0.4, 0.5) is 17.6 Å². The van der Waals surface area contributed by atoms with Gasteiger partial charge in [-0.1, -0.05) is 18.2 Å². The van der Waals surface area contributed by atoms with Gasteiger partial charge in [-0.05, 0) is 35.9 Å². The molecule has 4 nitrogen and oxygen atoms in total. The van der Waals surface area contributed by atoms with Gasteiger partial charge in [0.2, 0.25) is 0 Å². The van der Waals surface area contributed by atoms with E-state index < -0.39 is 17.6 Å². The number of morpholine rings is 1. The number of carbonyl (C=O) groups is 1. The Balaban J connectivity index is 1.74. The Bertz CT molecular complexity index is 803. The molecule has 1 saturated heterocycles. The molecule has 1 aliphatic rings. The average Bonchev–Trinajstić information content (AvgIpc) is 2.69. The van der Waals surface area contributed by atoms with Gasteiger partial charge >= 0.3 is 6.18 Å². The maximum Gasteiger partial charge on any atom is 0.416 e. The minimum atomic E-state index is -4.51. The molecule has 0 radical (unpaired) electrons. The average molecular weight is 396 g/mol. The molecule has 0 unspecified atom stereocenters. The minimum absolute atomic E-state index is 0.0605. The molecular weight excluding hydrogens is 376 g/mol. The molecule has 1 aliphatic heterocycles. The van der Waals surface area contributed by atoms with Crippen molar-refractivity contribution in [1.82, 2.24) is 10.2 Å². The van der Waals surface area contributed by atoms with Crippen LogP contribution in [0.15, 0.2) is 48.5 Å². The summed E-state index contributed by atoms with van der Waals surface area (Å²) < 4.78 is 57.2. The van der Waals surface area contributed by atoms with Crippen molar-refractivity contribution in [3.8, 4) is 0 Å². The lowest BCUT2D eigenvalue weighted by molar-refractivity contribution is -0.137. The van der Waals surface area contributed by atoms with E-state index in [1.165, 1.54) is 24.3 Å². The molecule has 1 fully saturated rings. The molecule has 0 saturated carbocycles. The number of hydrogen-bond acceptors (Lipinski definition) is 3. The summed E-state index contributed by atoms with van der Waals surface area (Å²) in [5, 5.41) is 2.71. The van der Waals surface area contributed by atoms with Gasteiger partial charge in [0.15, 0.2) is 0 Å². The molecule has 2 aromatic rings. The second kappa shape index (κ2) is 8.70. The van der Waals surface area contributed by atoms with E-state index in [4.69, 9.17) is 4.74 Å². The van der Waals surface area contributed by atoms with Crippen LogP contribution in [0.5, 0.6) is 0 Å². The number of benzene rings is 2. The molecule has 8 heteroatoms. The van der Waals surface area contributed by atoms with Crippen LogP contribution >= 0.6 is 0 Å². The number of nitrogens with one attached hydrogen (secondary N) is 1. The van der Waals surface area contributed by atoms with Gasteiger partial charge in [0.05, 0.1) is 24.8 Å². The first-order valence-corrected chi connectivity index (χ1v) is 8.87. The Morgan fingerprint density at radius 3 is 2.43 bits per heavy atom. The van der Waals surface area contributed by atoms with E-state index in [2.05, 4.69) is 10.2 Å². The number of nitrogens with zero attached hydrogens (tertiary/aromatic N) is 1. The number of hydrogen-bond donors (Lipinski definition) is 1. The van der Waals surface area contributed by atoms with Gasteiger partial charge in [-0.3, -0.25) is 9.69 Å². The lowest BCUT2D eigenvalue weighted by Crippen LogP contribution is -2.43. The van der Waals surface area contributed by atoms with E-state index in [1.807, 2.05) is 0 Å². The van der Waals surface area contributed by atoms with Crippen molar-refractivity contribution in [2.24, 2.45) is 0 Å². The third-order valence-corrected chi connectivity index (χ3v) is 4.65. The second-order valence-corrected chi connectivity index (χ2v) is 6.50. The normalized spacial score (nSPS) is 16.6. The number of amides is 1. The van der Waals surface area contributed by atoms with Crippen LogP contribution in [-0.2, 0) is 10.9 Å². The monoisotopic (exact) mass is 396 g/mol. The quantitative estimate of drug-likeness (QED) is 0.785. The van der Waals surface area contributed by atoms with Crippen LogP contribution in [0.25, 0.3) is 0 Å². The fraction of sp³-hybridized carbons (Fsp3) is 0.350. The number of carbonyl (C=O) groups excluding carboxylic acids is 1. The van der Waals surface area contributed by atoms with Gasteiger partial charge in [0, 0.05) is 25.2 Å². The van der Waals surface area contributed by atoms with Crippen LogP contribution in [0, 0.1) is 5.82 Å². The molecule has 28 heavy (non-hydrogen) atoms. The van der Waals surface area contributed by atoms with E-state index in [9.17, 15) is 22.4 Å². The Kier molecular flexibility index (Phi) is 6.31. The molecule has 0 aromatic heterocycles. The lowest BCUT2D eigenvalue weighted by atomic mass is 10.0. The first-order chi connectivity index (χ1) is 13.3. The maximum absolute atomic E-state index is 13.3. The topological polar surface area (TPSA) is 41.6 Å². The SMILES string of the molecule is O=C(NC[C@@H](c1ccc(F)cc1)N1CCOCC1)c1cccc(C(F)(F)F)c1. The Morgan fingerprint density at radius 2 is 1.79 bits per heavy atom. The van der Waals surface area contributed by atoms with Crippen LogP contribution in [0.3, 0.4) is 0 Å². The van der Waals surface area contributed by atoms with Crippen molar-refractivity contribution in [3.05, 3.63) is 71.0 Å². The van der Waals surface area contributed by atoms with Gasteiger partial charge in [0.25, 0.3) is 5.91 Å². The lowest BCUT2D eigenvalue weighted by Gasteiger charge is -2.35. The van der Waals surface area contributed by atoms with E-state index in [1.54, 1.807) is 12.1 Å². The molecule has 3 rings (SSSR count). The predicted octanol–water partition coefficient (Wildman–Crippen LogP) is 3.65. The number of alkyl halides is 3. The number of halogens is 4. The van der Waals surface area contributed by atoms with Crippen LogP contribution in [-0.4, -0.2) is 43.7 Å². The summed E-state index contributed by atoms with van der Waals surface area (Å²) in [5.74, 6) is -0.955. The van der Waals surface area contributed by atoms with Crippen molar-refractivity contribution < 1.29 is 27.1 Å². The highest BCUT2D eigenvalue weighted by Crippen LogP contribution is 2.29. The molecule has 1 amide bonds. The van der Waals surface area contributed by atoms with E-state index >= 15 is 0 Å². The Hall–Kier alpha value is -2.45. The summed E-state index contributed by atoms with van der Waals surface area (Å²) in [6.45, 7) is 2.54. The molecule has 150 valence electrons. The van der Waals surface area contributed by atoms with E-state index in [-0.39, 0.29) is 24.0 Å². The predicted molar refractivity (Wildman–Crippen MR) is 95.3 cm³/mol. The number of ether oxygens (including phenoxy) is 1. The molecule has 1 N–H and O–H groups in total. The summed E-state index contributed by atoms with van der Waals surface area (Å²) in [6.07, 6.45) is -4.51. The zero-order valence-corrected chi connectivity index (χ0v) is 15.0. The van der Waals surface area contributed by atoms with Gasteiger partial charge in [0.1, 0.15) is 5.82 Å². The van der Waals surface area contributed by atoms with Crippen LogP contribution in [0.2, 0.25) is 0 Å². The van der Waals surface area contributed by atoms with Crippen LogP contribution in [0.1, 0.15) is 27.5 Å². The van der Waals surface area contributed by atoms with Gasteiger partial charge < -0.3 is 10.1 Å². The second-order valence-electron chi connectivity index (χ2n) is 6.50. The van der Waals surface area contributed by atoms with Crippen LogP contribution < -0.4 is 5.32 Å². The molecule has 0 bridgehead atoms. The molecular formula is C20H20F4N2O2. The number of rotatable bonds is 5. The summed E-state index contributed by atoms with van der Waals surface area (Å²) in [5.41, 5.74) is -0.120. The Labute approximate surface area is 160 Å². The highest BCUT2D eigenvalue weighted by Gasteiger charge is 2.31. The summed E-state index contributed by atoms with van der Waals surface area (Å²) in [7, 11) is 0. The third-order valence-electron chi connectivity index (χ3n) is 4.65. The third kappa shape index (κ3) is 5.08. The molecule has 1 atom stereocenters. The Morgan fingerprint density at radius 1 is 1.11 bits per heavy atom. The summed E-state index contributed by atoms with van der Waals surface area (Å²) in [4.78, 5) is 14.5. The van der Waals surface area contributed by atoms with Crippen molar-refractivity contribution in [2.75, 3.05) is 32.8 Å². The summed E-state index contributed by atoms with van der Waals surface area (Å²) >= 11 is 0. The first-order valence-electron chi connectivity index (χ1n) is 8.87. The fourth-order valence-corrected chi connectivity index (χ4v) is 3.16. The van der Waals surface area contributed by atoms with Gasteiger partial charge in [-0.2, -0.15) is 13.2 Å². The van der Waals surface area contributed by atoms with Gasteiger partial charge in [-0.15, -0.1) is 0 Å². The van der Waals surface area contributed by atoms with E-state index in [0.717, 1.165) is 17.7 Å². The first kappa shape index (κ1) is 20.3. The molecule has 2 aromatic carbocycles. The zero-order valence-electron chi connectivity index (χ0n) is 15.0. The van der Waals surface area contributed by atoms with Gasteiger partial charge in [-0.25, -0.2) is 4.39 Å². The summed E-state index contributed by atoms with van der Waals surface area (Å²) in [6, 6.07) is 10.0. The standard InChI is InChI=1S/C20H20F4N2O2/c21-17-6-4-14(5-7-17)18(26-8-10-28-11-9-26)13-25-19(27)15-2-1-3-16(12-15)20(22,23)24/h1-7,12,18H,8-11,13H2,(H,25,27)/t18-/m0/s1. The van der Waals surface area contributed by atoms with E-state index in [0.29, 0.717) is 26.3 Å². The fourth-order valence-electron chi connectivity index (χ4n) is 3.16. The molecule has 1 heterocycles. The molecule has 0 spiro atoms. The zero-order chi connectivity index (χ0) is 20.1. The largest absolute Gasteiger partial charge is 0.416 e. The van der Waals surface area contributed by atoms with Crippen molar-refractivity contribution in [1.29, 1.82) is 0 Å². The minimum Gasteiger partial charge on any atom is -0.379 e. The smallest absolute Gasteiger partial charge is 0.379 e. The maximum atomic E-state index is 13.3.